The summed E-state index contributed by atoms with van der Waals surface area (Å²) in [5.41, 5.74) is 0. The van der Waals surface area contributed by atoms with Gasteiger partial charge in [0, 0.05) is 39.3 Å². The standard InChI is InChI=1S/C18H36N2O6/c1-7-21-9-2-19-3-10-22-14-16-24-12-5-20(18-26-8-1)6-13-25-17-15-23-11-4-19/h1-18H2. The summed E-state index contributed by atoms with van der Waals surface area (Å²) in [6.07, 6.45) is 0.910. The van der Waals surface area contributed by atoms with E-state index in [0.717, 1.165) is 52.4 Å². The smallest absolute Gasteiger partial charge is 0.0991 e. The molecule has 3 aliphatic rings. The maximum atomic E-state index is 5.78. The Balaban J connectivity index is 1.87. The summed E-state index contributed by atoms with van der Waals surface area (Å²) in [6.45, 7) is 12.3. The van der Waals surface area contributed by atoms with Crippen molar-refractivity contribution in [2.75, 3.05) is 112 Å². The fourth-order valence-electron chi connectivity index (χ4n) is 2.75. The number of ether oxygens (including phenoxy) is 6. The van der Waals surface area contributed by atoms with Crippen LogP contribution in [-0.2, 0) is 28.4 Å². The second-order valence-corrected chi connectivity index (χ2v) is 6.41. The largest absolute Gasteiger partial charge is 0.380 e. The van der Waals surface area contributed by atoms with Crippen LogP contribution < -0.4 is 0 Å². The zero-order chi connectivity index (χ0) is 18.1. The molecule has 3 rings (SSSR count). The number of rotatable bonds is 0. The highest BCUT2D eigenvalue weighted by Gasteiger charge is 2.08. The Morgan fingerprint density at radius 2 is 0.731 bits per heavy atom. The molecule has 8 nitrogen and oxygen atoms in total. The van der Waals surface area contributed by atoms with Gasteiger partial charge in [0.25, 0.3) is 0 Å². The molecular weight excluding hydrogens is 340 g/mol. The first-order valence-electron chi connectivity index (χ1n) is 9.86. The Bertz CT molecular complexity index is 247. The van der Waals surface area contributed by atoms with E-state index in [1.807, 2.05) is 0 Å². The quantitative estimate of drug-likeness (QED) is 0.588. The Kier molecular flexibility index (Phi) is 13.3. The lowest BCUT2D eigenvalue weighted by molar-refractivity contribution is -0.0301. The van der Waals surface area contributed by atoms with Crippen molar-refractivity contribution in [3.05, 3.63) is 0 Å². The summed E-state index contributed by atoms with van der Waals surface area (Å²) in [7, 11) is 0. The number of nitrogens with zero attached hydrogens (tertiary/aromatic N) is 2. The van der Waals surface area contributed by atoms with Gasteiger partial charge in [-0.05, 0) is 6.42 Å². The van der Waals surface area contributed by atoms with E-state index in [1.165, 1.54) is 0 Å². The molecule has 3 aliphatic heterocycles. The second kappa shape index (κ2) is 15.7. The lowest BCUT2D eigenvalue weighted by Crippen LogP contribution is -2.35. The Morgan fingerprint density at radius 1 is 0.346 bits per heavy atom. The van der Waals surface area contributed by atoms with E-state index in [9.17, 15) is 0 Å². The highest BCUT2D eigenvalue weighted by molar-refractivity contribution is 4.58. The maximum Gasteiger partial charge on any atom is 0.0991 e. The van der Waals surface area contributed by atoms with Crippen LogP contribution in [-0.4, -0.2) is 122 Å². The van der Waals surface area contributed by atoms with Crippen molar-refractivity contribution in [3.8, 4) is 0 Å². The van der Waals surface area contributed by atoms with Gasteiger partial charge in [0.2, 0.25) is 0 Å². The van der Waals surface area contributed by atoms with Crippen LogP contribution in [0.4, 0.5) is 0 Å². The van der Waals surface area contributed by atoms with E-state index in [4.69, 9.17) is 28.4 Å². The van der Waals surface area contributed by atoms with E-state index in [-0.39, 0.29) is 0 Å². The minimum Gasteiger partial charge on any atom is -0.380 e. The third-order valence-corrected chi connectivity index (χ3v) is 4.35. The van der Waals surface area contributed by atoms with E-state index in [0.29, 0.717) is 66.2 Å². The summed E-state index contributed by atoms with van der Waals surface area (Å²) < 4.78 is 34.3. The van der Waals surface area contributed by atoms with Crippen LogP contribution in [0.25, 0.3) is 0 Å². The average molecular weight is 376 g/mol. The zero-order valence-corrected chi connectivity index (χ0v) is 16.1. The molecule has 0 unspecified atom stereocenters. The fourth-order valence-corrected chi connectivity index (χ4v) is 2.75. The van der Waals surface area contributed by atoms with Gasteiger partial charge in [0.1, 0.15) is 0 Å². The summed E-state index contributed by atoms with van der Waals surface area (Å²) in [4.78, 5) is 4.54. The van der Waals surface area contributed by atoms with Crippen molar-refractivity contribution in [1.82, 2.24) is 9.80 Å². The fraction of sp³-hybridized carbons (Fsp3) is 1.00. The molecule has 0 radical (unpaired) electrons. The van der Waals surface area contributed by atoms with Crippen molar-refractivity contribution in [2.45, 2.75) is 6.42 Å². The predicted octanol–water partition coefficient (Wildman–Crippen LogP) is 0.0648. The average Bonchev–Trinajstić information content (AvgIpc) is 2.65. The lowest BCUT2D eigenvalue weighted by atomic mass is 10.4. The van der Waals surface area contributed by atoms with Crippen molar-refractivity contribution < 1.29 is 28.4 Å². The molecule has 0 N–H and O–H groups in total. The molecule has 8 heteroatoms. The second-order valence-electron chi connectivity index (χ2n) is 6.41. The van der Waals surface area contributed by atoms with E-state index < -0.39 is 0 Å². The molecule has 0 aromatic rings. The molecule has 0 amide bonds. The molecule has 26 heavy (non-hydrogen) atoms. The molecule has 2 bridgehead atoms. The number of fused-ring (bicyclic) bond motifs is 21. The molecule has 3 saturated heterocycles. The van der Waals surface area contributed by atoms with Crippen molar-refractivity contribution in [1.29, 1.82) is 0 Å². The molecule has 0 aliphatic carbocycles. The van der Waals surface area contributed by atoms with Gasteiger partial charge in [0.05, 0.1) is 72.8 Å². The third kappa shape index (κ3) is 11.4. The monoisotopic (exact) mass is 376 g/mol. The van der Waals surface area contributed by atoms with E-state index in [2.05, 4.69) is 9.80 Å². The first kappa shape index (κ1) is 22.0. The molecule has 0 atom stereocenters. The molecule has 0 aromatic carbocycles. The van der Waals surface area contributed by atoms with Crippen molar-refractivity contribution >= 4 is 0 Å². The molecule has 3 fully saturated rings. The highest BCUT2D eigenvalue weighted by Crippen LogP contribution is 1.97. The van der Waals surface area contributed by atoms with Crippen LogP contribution in [0.3, 0.4) is 0 Å². The Hall–Kier alpha value is -0.320. The summed E-state index contributed by atoms with van der Waals surface area (Å²) >= 11 is 0. The summed E-state index contributed by atoms with van der Waals surface area (Å²) in [6, 6.07) is 0. The molecule has 0 aromatic heterocycles. The SMILES string of the molecule is C1COCCN2CCOCCOCCN(CCOCCOCC2)COC1. The molecule has 0 saturated carbocycles. The van der Waals surface area contributed by atoms with Gasteiger partial charge in [-0.2, -0.15) is 0 Å². The van der Waals surface area contributed by atoms with E-state index in [1.54, 1.807) is 0 Å². The number of hydrogen-bond acceptors (Lipinski definition) is 8. The van der Waals surface area contributed by atoms with Crippen molar-refractivity contribution in [3.63, 3.8) is 0 Å². The highest BCUT2D eigenvalue weighted by atomic mass is 16.5. The topological polar surface area (TPSA) is 61.9 Å². The minimum absolute atomic E-state index is 0.591. The molecule has 0 spiro atoms. The lowest BCUT2D eigenvalue weighted by Gasteiger charge is -2.24. The van der Waals surface area contributed by atoms with Crippen LogP contribution in [0.2, 0.25) is 0 Å². The Labute approximate surface area is 157 Å². The minimum atomic E-state index is 0.591. The van der Waals surface area contributed by atoms with Crippen LogP contribution in [0, 0.1) is 0 Å². The van der Waals surface area contributed by atoms with E-state index >= 15 is 0 Å². The van der Waals surface area contributed by atoms with Gasteiger partial charge in [0.15, 0.2) is 0 Å². The molecule has 3 heterocycles. The number of hydrogen-bond donors (Lipinski definition) is 0. The first-order chi connectivity index (χ1) is 12.9. The van der Waals surface area contributed by atoms with Crippen LogP contribution in [0.5, 0.6) is 0 Å². The maximum absolute atomic E-state index is 5.78. The van der Waals surface area contributed by atoms with Crippen LogP contribution in [0.1, 0.15) is 6.42 Å². The van der Waals surface area contributed by atoms with Gasteiger partial charge in [-0.3, -0.25) is 9.80 Å². The summed E-state index contributed by atoms with van der Waals surface area (Å²) in [5, 5.41) is 0. The summed E-state index contributed by atoms with van der Waals surface area (Å²) in [5.74, 6) is 0. The molecule has 154 valence electrons. The van der Waals surface area contributed by atoms with Crippen LogP contribution >= 0.6 is 0 Å². The Morgan fingerprint density at radius 3 is 1.23 bits per heavy atom. The van der Waals surface area contributed by atoms with Gasteiger partial charge >= 0.3 is 0 Å². The van der Waals surface area contributed by atoms with Crippen LogP contribution in [0.15, 0.2) is 0 Å². The first-order valence-corrected chi connectivity index (χ1v) is 9.86. The van der Waals surface area contributed by atoms with Gasteiger partial charge in [-0.25, -0.2) is 0 Å². The van der Waals surface area contributed by atoms with Gasteiger partial charge < -0.3 is 28.4 Å². The normalized spacial score (nSPS) is 30.5. The molecular formula is C18H36N2O6. The third-order valence-electron chi connectivity index (χ3n) is 4.35. The van der Waals surface area contributed by atoms with Crippen molar-refractivity contribution in [2.24, 2.45) is 0 Å². The van der Waals surface area contributed by atoms with Gasteiger partial charge in [-0.15, -0.1) is 0 Å². The zero-order valence-electron chi connectivity index (χ0n) is 16.1. The van der Waals surface area contributed by atoms with Gasteiger partial charge in [-0.1, -0.05) is 0 Å². The predicted molar refractivity (Wildman–Crippen MR) is 97.5 cm³/mol.